The van der Waals surface area contributed by atoms with Crippen LogP contribution in [0.2, 0.25) is 0 Å². The number of esters is 1. The number of oxime groups is 1. The molecular formula is C13H16N2O6S. The summed E-state index contributed by atoms with van der Waals surface area (Å²) in [6, 6.07) is 2.69. The molecule has 0 amide bonds. The summed E-state index contributed by atoms with van der Waals surface area (Å²) in [5.74, 6) is -1.91. The first-order chi connectivity index (χ1) is 10.5. The Morgan fingerprint density at radius 1 is 1.50 bits per heavy atom. The zero-order chi connectivity index (χ0) is 16.1. The number of carboxylic acid groups (broad SMARTS) is 1. The second-order valence-corrected chi connectivity index (χ2v) is 5.91. The fourth-order valence-corrected chi connectivity index (χ4v) is 2.87. The van der Waals surface area contributed by atoms with Crippen LogP contribution in [0.15, 0.2) is 22.7 Å². The second-order valence-electron chi connectivity index (χ2n) is 4.88. The van der Waals surface area contributed by atoms with Crippen molar-refractivity contribution in [3.8, 4) is 0 Å². The Bertz CT molecular complexity index is 559. The van der Waals surface area contributed by atoms with E-state index in [9.17, 15) is 14.7 Å². The predicted octanol–water partition coefficient (Wildman–Crippen LogP) is 0.141. The minimum Gasteiger partial charge on any atom is -0.480 e. The molecule has 1 aromatic rings. The highest BCUT2D eigenvalue weighted by Gasteiger charge is 2.37. The first kappa shape index (κ1) is 16.4. The third kappa shape index (κ3) is 4.03. The maximum absolute atomic E-state index is 11.9. The minimum atomic E-state index is -1.10. The Kier molecular flexibility index (Phi) is 5.47. The van der Waals surface area contributed by atoms with Crippen molar-refractivity contribution in [2.45, 2.75) is 25.2 Å². The van der Waals surface area contributed by atoms with Crippen molar-refractivity contribution in [1.29, 1.82) is 0 Å². The summed E-state index contributed by atoms with van der Waals surface area (Å²) < 4.78 is 5.02. The van der Waals surface area contributed by atoms with E-state index < -0.39 is 24.1 Å². The number of carbonyl (C=O) groups excluding carboxylic acids is 1. The van der Waals surface area contributed by atoms with Crippen LogP contribution in [0.5, 0.6) is 0 Å². The lowest BCUT2D eigenvalue weighted by atomic mass is 10.2. The molecule has 3 N–H and O–H groups in total. The summed E-state index contributed by atoms with van der Waals surface area (Å²) in [6.07, 6.45) is -0.721. The lowest BCUT2D eigenvalue weighted by molar-refractivity contribution is -0.142. The highest BCUT2D eigenvalue weighted by molar-refractivity contribution is 7.09. The molecule has 0 radical (unpaired) electrons. The number of thiophene rings is 1. The Morgan fingerprint density at radius 3 is 2.86 bits per heavy atom. The van der Waals surface area contributed by atoms with Gasteiger partial charge in [0.05, 0.1) is 12.6 Å². The van der Waals surface area contributed by atoms with Gasteiger partial charge in [-0.05, 0) is 11.4 Å². The molecule has 22 heavy (non-hydrogen) atoms. The highest BCUT2D eigenvalue weighted by atomic mass is 32.1. The molecule has 8 nitrogen and oxygen atoms in total. The second kappa shape index (κ2) is 7.34. The van der Waals surface area contributed by atoms with Gasteiger partial charge in [-0.2, -0.15) is 0 Å². The number of carboxylic acids is 1. The summed E-state index contributed by atoms with van der Waals surface area (Å²) in [5, 5.41) is 32.3. The largest absolute Gasteiger partial charge is 0.480 e. The van der Waals surface area contributed by atoms with Gasteiger partial charge < -0.3 is 20.2 Å². The van der Waals surface area contributed by atoms with E-state index in [1.54, 1.807) is 6.07 Å². The molecular weight excluding hydrogens is 312 g/mol. The Morgan fingerprint density at radius 2 is 2.27 bits per heavy atom. The van der Waals surface area contributed by atoms with Gasteiger partial charge in [0.25, 0.3) is 0 Å². The molecule has 0 aliphatic carbocycles. The van der Waals surface area contributed by atoms with E-state index in [1.165, 1.54) is 16.2 Å². The van der Waals surface area contributed by atoms with E-state index in [0.717, 1.165) is 4.88 Å². The summed E-state index contributed by atoms with van der Waals surface area (Å²) in [7, 11) is 0. The van der Waals surface area contributed by atoms with Gasteiger partial charge in [0.15, 0.2) is 5.71 Å². The van der Waals surface area contributed by atoms with E-state index in [1.807, 2.05) is 11.4 Å². The Balaban J connectivity index is 1.93. The zero-order valence-electron chi connectivity index (χ0n) is 11.6. The maximum atomic E-state index is 11.9. The van der Waals surface area contributed by atoms with Gasteiger partial charge in [0, 0.05) is 17.8 Å². The molecule has 2 heterocycles. The van der Waals surface area contributed by atoms with Crippen LogP contribution in [0.25, 0.3) is 0 Å². The van der Waals surface area contributed by atoms with Crippen LogP contribution < -0.4 is 0 Å². The average molecular weight is 328 g/mol. The molecule has 2 atom stereocenters. The normalized spacial score (nSPS) is 22.7. The lowest BCUT2D eigenvalue weighted by Crippen LogP contribution is -2.41. The van der Waals surface area contributed by atoms with E-state index in [2.05, 4.69) is 5.16 Å². The minimum absolute atomic E-state index is 0.0561. The molecule has 0 saturated carbocycles. The summed E-state index contributed by atoms with van der Waals surface area (Å²) in [5.41, 5.74) is -0.295. The third-order valence-corrected chi connectivity index (χ3v) is 4.15. The van der Waals surface area contributed by atoms with Gasteiger partial charge in [-0.1, -0.05) is 11.2 Å². The summed E-state index contributed by atoms with van der Waals surface area (Å²) in [6.45, 7) is -0.0531. The van der Waals surface area contributed by atoms with E-state index in [-0.39, 0.29) is 31.8 Å². The van der Waals surface area contributed by atoms with Crippen molar-refractivity contribution in [3.05, 3.63) is 22.4 Å². The topological polar surface area (TPSA) is 120 Å². The zero-order valence-corrected chi connectivity index (χ0v) is 12.4. The molecule has 120 valence electrons. The molecule has 2 rings (SSSR count). The fraction of sp³-hybridized carbons (Fsp3) is 0.462. The van der Waals surface area contributed by atoms with Gasteiger partial charge >= 0.3 is 11.9 Å². The van der Waals surface area contributed by atoms with Crippen molar-refractivity contribution in [2.24, 2.45) is 5.16 Å². The summed E-state index contributed by atoms with van der Waals surface area (Å²) >= 11 is 1.42. The fourth-order valence-electron chi connectivity index (χ4n) is 2.26. The molecule has 0 bridgehead atoms. The number of nitrogens with zero attached hydrogens (tertiary/aromatic N) is 2. The van der Waals surface area contributed by atoms with Crippen molar-refractivity contribution in [3.63, 3.8) is 0 Å². The average Bonchev–Trinajstić information content (AvgIpc) is 3.11. The first-order valence-corrected chi connectivity index (χ1v) is 7.44. The Hall–Kier alpha value is -1.97. The number of ether oxygens (including phenoxy) is 1. The van der Waals surface area contributed by atoms with Gasteiger partial charge in [-0.15, -0.1) is 11.3 Å². The Labute approximate surface area is 130 Å². The first-order valence-electron chi connectivity index (χ1n) is 6.56. The van der Waals surface area contributed by atoms with Gasteiger partial charge in [0.2, 0.25) is 0 Å². The molecule has 1 aromatic heterocycles. The number of rotatable bonds is 6. The smallest absolute Gasteiger partial charge is 0.357 e. The SMILES string of the molecule is O=C(OCc1cccs1)/C(CN1CC(O)CC1C(=O)O)=N\O. The van der Waals surface area contributed by atoms with E-state index in [4.69, 9.17) is 15.1 Å². The molecule has 1 saturated heterocycles. The van der Waals surface area contributed by atoms with Crippen LogP contribution in [-0.4, -0.2) is 63.2 Å². The number of hydrogen-bond donors (Lipinski definition) is 3. The van der Waals surface area contributed by atoms with Crippen LogP contribution >= 0.6 is 11.3 Å². The molecule has 0 aromatic carbocycles. The summed E-state index contributed by atoms with van der Waals surface area (Å²) in [4.78, 5) is 25.2. The third-order valence-electron chi connectivity index (χ3n) is 3.30. The maximum Gasteiger partial charge on any atom is 0.357 e. The predicted molar refractivity (Wildman–Crippen MR) is 77.0 cm³/mol. The van der Waals surface area contributed by atoms with Crippen LogP contribution in [0.4, 0.5) is 0 Å². The van der Waals surface area contributed by atoms with Crippen molar-refractivity contribution < 1.29 is 29.7 Å². The van der Waals surface area contributed by atoms with Crippen molar-refractivity contribution >= 4 is 29.0 Å². The van der Waals surface area contributed by atoms with Gasteiger partial charge in [-0.3, -0.25) is 9.69 Å². The van der Waals surface area contributed by atoms with Gasteiger partial charge in [-0.25, -0.2) is 4.79 Å². The molecule has 9 heteroatoms. The molecule has 1 aliphatic rings. The number of hydrogen-bond acceptors (Lipinski definition) is 8. The van der Waals surface area contributed by atoms with E-state index >= 15 is 0 Å². The standard InChI is InChI=1S/C13H16N2O6S/c16-8-4-11(12(17)18)15(5-8)6-10(14-20)13(19)21-7-9-2-1-3-22-9/h1-3,8,11,16,20H,4-7H2,(H,17,18)/b14-10-. The van der Waals surface area contributed by atoms with Crippen LogP contribution in [0.3, 0.4) is 0 Å². The molecule has 0 spiro atoms. The quantitative estimate of drug-likeness (QED) is 0.294. The number of carbonyl (C=O) groups is 2. The molecule has 1 fully saturated rings. The van der Waals surface area contributed by atoms with Crippen LogP contribution in [0.1, 0.15) is 11.3 Å². The molecule has 2 unspecified atom stereocenters. The number of likely N-dealkylation sites (tertiary alicyclic amines) is 1. The number of β-amino-alcohol motifs (C(OH)–C–C–N with tert-alkyl or cyclic N) is 1. The number of aliphatic hydroxyl groups excluding tert-OH is 1. The monoisotopic (exact) mass is 328 g/mol. The van der Waals surface area contributed by atoms with Crippen molar-refractivity contribution in [1.82, 2.24) is 4.90 Å². The number of aliphatic hydroxyl groups is 1. The van der Waals surface area contributed by atoms with Crippen LogP contribution in [-0.2, 0) is 20.9 Å². The van der Waals surface area contributed by atoms with Gasteiger partial charge in [0.1, 0.15) is 12.6 Å². The lowest BCUT2D eigenvalue weighted by Gasteiger charge is -2.20. The number of aliphatic carboxylic acids is 1. The molecule has 1 aliphatic heterocycles. The van der Waals surface area contributed by atoms with E-state index in [0.29, 0.717) is 0 Å². The van der Waals surface area contributed by atoms with Crippen molar-refractivity contribution in [2.75, 3.05) is 13.1 Å². The van der Waals surface area contributed by atoms with Crippen LogP contribution in [0, 0.1) is 0 Å². The highest BCUT2D eigenvalue weighted by Crippen LogP contribution is 2.18.